The first-order valence-electron chi connectivity index (χ1n) is 9.79. The van der Waals surface area contributed by atoms with Gasteiger partial charge in [0, 0.05) is 22.6 Å². The molecule has 0 fully saturated rings. The van der Waals surface area contributed by atoms with E-state index in [0.717, 1.165) is 16.5 Å². The topological polar surface area (TPSA) is 87.7 Å². The van der Waals surface area contributed by atoms with Gasteiger partial charge in [0.2, 0.25) is 0 Å². The van der Waals surface area contributed by atoms with Crippen LogP contribution in [0, 0.1) is 0 Å². The molecule has 31 heavy (non-hydrogen) atoms. The van der Waals surface area contributed by atoms with Gasteiger partial charge in [0.1, 0.15) is 17.1 Å². The fourth-order valence-electron chi connectivity index (χ4n) is 3.82. The van der Waals surface area contributed by atoms with Crippen LogP contribution in [0.25, 0.3) is 39.0 Å². The number of phenols is 1. The number of aromatic hydroxyl groups is 1. The molecule has 0 bridgehead atoms. The number of carboxylic acid groups (broad SMARTS) is 1. The van der Waals surface area contributed by atoms with Gasteiger partial charge in [-0.25, -0.2) is 4.79 Å². The van der Waals surface area contributed by atoms with Crippen molar-refractivity contribution in [1.82, 2.24) is 0 Å². The Morgan fingerprint density at radius 3 is 2.26 bits per heavy atom. The smallest absolute Gasteiger partial charge is 0.335 e. The average molecular weight is 412 g/mol. The minimum absolute atomic E-state index is 0.171. The Morgan fingerprint density at radius 2 is 1.61 bits per heavy atom. The molecule has 1 aliphatic carbocycles. The second-order valence-electron chi connectivity index (χ2n) is 7.10. The standard InChI is InChI=1S/C26H20O5/c1-3-19(20(4-2)26(29)30)25-21-11-7-16(15-5-8-17(27)9-6-15)13-23(21)31-24-14-18(28)10-12-22(24)25/h3-14,27H,1-2H3,(H,29,30)/b19-3+,20-4+. The first-order valence-corrected chi connectivity index (χ1v) is 9.79. The number of allylic oxidation sites excluding steroid dienone is 2. The summed E-state index contributed by atoms with van der Waals surface area (Å²) >= 11 is 0. The molecule has 2 aromatic carbocycles. The van der Waals surface area contributed by atoms with Crippen molar-refractivity contribution in [2.45, 2.75) is 13.8 Å². The van der Waals surface area contributed by atoms with E-state index in [1.165, 1.54) is 12.1 Å². The number of carboxylic acids is 1. The minimum Gasteiger partial charge on any atom is -0.508 e. The molecule has 5 heteroatoms. The number of aliphatic carboxylic acids is 1. The average Bonchev–Trinajstić information content (AvgIpc) is 2.75. The van der Waals surface area contributed by atoms with Crippen LogP contribution in [0.3, 0.4) is 0 Å². The van der Waals surface area contributed by atoms with Gasteiger partial charge in [-0.1, -0.05) is 30.4 Å². The fourth-order valence-corrected chi connectivity index (χ4v) is 3.82. The molecule has 0 radical (unpaired) electrons. The summed E-state index contributed by atoms with van der Waals surface area (Å²) in [5.41, 5.74) is 4.18. The van der Waals surface area contributed by atoms with Crippen LogP contribution in [0.2, 0.25) is 0 Å². The van der Waals surface area contributed by atoms with Crippen molar-refractivity contribution in [2.24, 2.45) is 0 Å². The van der Waals surface area contributed by atoms with E-state index in [4.69, 9.17) is 4.42 Å². The monoisotopic (exact) mass is 412 g/mol. The molecule has 0 atom stereocenters. The van der Waals surface area contributed by atoms with Crippen LogP contribution in [0.5, 0.6) is 5.75 Å². The zero-order valence-electron chi connectivity index (χ0n) is 17.0. The van der Waals surface area contributed by atoms with Gasteiger partial charge in [-0.2, -0.15) is 0 Å². The van der Waals surface area contributed by atoms with Crippen LogP contribution in [-0.4, -0.2) is 16.2 Å². The maximum atomic E-state index is 12.0. The van der Waals surface area contributed by atoms with Crippen molar-refractivity contribution in [3.63, 3.8) is 0 Å². The molecule has 1 aliphatic heterocycles. The lowest BCUT2D eigenvalue weighted by Gasteiger charge is -2.18. The third kappa shape index (κ3) is 3.62. The van der Waals surface area contributed by atoms with Crippen LogP contribution in [-0.2, 0) is 4.79 Å². The Hall–Kier alpha value is -4.12. The van der Waals surface area contributed by atoms with Gasteiger partial charge in [0.15, 0.2) is 5.43 Å². The molecule has 0 unspecified atom stereocenters. The van der Waals surface area contributed by atoms with Crippen LogP contribution in [0.4, 0.5) is 0 Å². The van der Waals surface area contributed by atoms with Crippen LogP contribution in [0.15, 0.2) is 87.6 Å². The number of rotatable bonds is 4. The first-order chi connectivity index (χ1) is 14.9. The van der Waals surface area contributed by atoms with E-state index < -0.39 is 5.97 Å². The van der Waals surface area contributed by atoms with Crippen molar-refractivity contribution in [3.05, 3.63) is 94.2 Å². The summed E-state index contributed by atoms with van der Waals surface area (Å²) in [5, 5.41) is 20.0. The highest BCUT2D eigenvalue weighted by molar-refractivity contribution is 6.12. The molecule has 1 heterocycles. The highest BCUT2D eigenvalue weighted by Crippen LogP contribution is 2.40. The van der Waals surface area contributed by atoms with E-state index in [0.29, 0.717) is 28.0 Å². The number of benzene rings is 3. The van der Waals surface area contributed by atoms with Crippen molar-refractivity contribution in [3.8, 4) is 28.2 Å². The lowest BCUT2D eigenvalue weighted by atomic mass is 9.88. The third-order valence-electron chi connectivity index (χ3n) is 5.26. The molecule has 0 aromatic heterocycles. The molecular weight excluding hydrogens is 392 g/mol. The zero-order valence-corrected chi connectivity index (χ0v) is 17.0. The second-order valence-corrected chi connectivity index (χ2v) is 7.10. The van der Waals surface area contributed by atoms with Crippen molar-refractivity contribution >= 4 is 22.5 Å². The lowest BCUT2D eigenvalue weighted by molar-refractivity contribution is -0.132. The highest BCUT2D eigenvalue weighted by atomic mass is 16.4. The van der Waals surface area contributed by atoms with E-state index in [-0.39, 0.29) is 16.8 Å². The molecule has 4 rings (SSSR count). The van der Waals surface area contributed by atoms with Crippen LogP contribution in [0.1, 0.15) is 19.4 Å². The molecule has 5 nitrogen and oxygen atoms in total. The van der Waals surface area contributed by atoms with E-state index in [9.17, 15) is 19.8 Å². The number of hydrogen-bond donors (Lipinski definition) is 2. The Labute approximate surface area is 178 Å². The van der Waals surface area contributed by atoms with Gasteiger partial charge in [-0.05, 0) is 66.9 Å². The zero-order chi connectivity index (χ0) is 22.1. The van der Waals surface area contributed by atoms with E-state index >= 15 is 0 Å². The van der Waals surface area contributed by atoms with Crippen molar-refractivity contribution in [2.75, 3.05) is 0 Å². The summed E-state index contributed by atoms with van der Waals surface area (Å²) in [7, 11) is 0. The lowest BCUT2D eigenvalue weighted by Crippen LogP contribution is -2.06. The summed E-state index contributed by atoms with van der Waals surface area (Å²) in [5.74, 6) is -0.465. The number of carbonyl (C=O) groups is 1. The quantitative estimate of drug-likeness (QED) is 0.255. The number of phenolic OH excluding ortho intramolecular Hbond substituents is 1. The van der Waals surface area contributed by atoms with Gasteiger partial charge < -0.3 is 14.6 Å². The molecule has 0 saturated heterocycles. The first kappa shape index (κ1) is 20.2. The molecule has 0 saturated carbocycles. The Balaban J connectivity index is 2.07. The van der Waals surface area contributed by atoms with Gasteiger partial charge in [-0.3, -0.25) is 4.79 Å². The number of hydrogen-bond acceptors (Lipinski definition) is 4. The Morgan fingerprint density at radius 1 is 0.903 bits per heavy atom. The normalized spacial score (nSPS) is 12.5. The molecule has 2 aromatic rings. The maximum Gasteiger partial charge on any atom is 0.335 e. The predicted molar refractivity (Wildman–Crippen MR) is 121 cm³/mol. The Bertz CT molecular complexity index is 1390. The summed E-state index contributed by atoms with van der Waals surface area (Å²) in [6, 6.07) is 17.0. The van der Waals surface area contributed by atoms with Gasteiger partial charge in [-0.15, -0.1) is 0 Å². The van der Waals surface area contributed by atoms with Crippen LogP contribution < -0.4 is 5.43 Å². The molecule has 2 N–H and O–H groups in total. The molecule has 0 amide bonds. The Kier molecular flexibility index (Phi) is 5.17. The predicted octanol–water partition coefficient (Wildman–Crippen LogP) is 5.70. The number of fused-ring (bicyclic) bond motifs is 2. The molecular formula is C26H20O5. The van der Waals surface area contributed by atoms with E-state index in [1.807, 2.05) is 18.2 Å². The highest BCUT2D eigenvalue weighted by Gasteiger charge is 2.23. The minimum atomic E-state index is -1.03. The van der Waals surface area contributed by atoms with Crippen molar-refractivity contribution in [1.29, 1.82) is 0 Å². The van der Waals surface area contributed by atoms with Crippen molar-refractivity contribution < 1.29 is 19.4 Å². The van der Waals surface area contributed by atoms with Gasteiger partial charge >= 0.3 is 5.97 Å². The van der Waals surface area contributed by atoms with E-state index in [2.05, 4.69) is 0 Å². The summed E-state index contributed by atoms with van der Waals surface area (Å²) < 4.78 is 6.08. The van der Waals surface area contributed by atoms with Gasteiger partial charge in [0.05, 0.1) is 5.57 Å². The summed E-state index contributed by atoms with van der Waals surface area (Å²) in [6.07, 6.45) is 3.32. The maximum absolute atomic E-state index is 12.0. The largest absolute Gasteiger partial charge is 0.508 e. The SMILES string of the molecule is C/C=C(\C(=C/C)C(=O)O)c1c2ccc(=O)cc-2oc2cc(-c3ccc(O)cc3)ccc12. The second kappa shape index (κ2) is 7.95. The van der Waals surface area contributed by atoms with Gasteiger partial charge in [0.25, 0.3) is 0 Å². The molecule has 0 spiro atoms. The summed E-state index contributed by atoms with van der Waals surface area (Å²) in [4.78, 5) is 23.9. The summed E-state index contributed by atoms with van der Waals surface area (Å²) in [6.45, 7) is 3.47. The molecule has 2 aliphatic rings. The molecule has 154 valence electrons. The third-order valence-corrected chi connectivity index (χ3v) is 5.26. The van der Waals surface area contributed by atoms with Crippen LogP contribution >= 0.6 is 0 Å². The van der Waals surface area contributed by atoms with E-state index in [1.54, 1.807) is 56.3 Å². The fraction of sp³-hybridized carbons (Fsp3) is 0.0769.